The van der Waals surface area contributed by atoms with Crippen LogP contribution in [0.4, 0.5) is 4.39 Å². The van der Waals surface area contributed by atoms with Crippen molar-refractivity contribution >= 4 is 24.3 Å². The lowest BCUT2D eigenvalue weighted by Gasteiger charge is -2.15. The summed E-state index contributed by atoms with van der Waals surface area (Å²) in [5, 5.41) is 8.89. The second-order valence-electron chi connectivity index (χ2n) is 5.07. The zero-order valence-electron chi connectivity index (χ0n) is 12.0. The van der Waals surface area contributed by atoms with Crippen LogP contribution in [0.15, 0.2) is 24.3 Å². The highest BCUT2D eigenvalue weighted by atomic mass is 35.5. The van der Waals surface area contributed by atoms with Gasteiger partial charge in [-0.15, -0.1) is 12.4 Å². The molecule has 22 heavy (non-hydrogen) atoms. The van der Waals surface area contributed by atoms with Gasteiger partial charge in [-0.3, -0.25) is 9.59 Å². The Labute approximate surface area is 134 Å². The Morgan fingerprint density at radius 3 is 2.82 bits per heavy atom. The lowest BCUT2D eigenvalue weighted by atomic mass is 10.1. The van der Waals surface area contributed by atoms with Gasteiger partial charge in [0.1, 0.15) is 11.6 Å². The molecule has 0 saturated carbocycles. The van der Waals surface area contributed by atoms with Crippen molar-refractivity contribution in [1.82, 2.24) is 4.90 Å². The van der Waals surface area contributed by atoms with Crippen molar-refractivity contribution in [2.45, 2.75) is 19.3 Å². The van der Waals surface area contributed by atoms with Gasteiger partial charge < -0.3 is 14.7 Å². The summed E-state index contributed by atoms with van der Waals surface area (Å²) in [4.78, 5) is 24.3. The average molecular weight is 332 g/mol. The van der Waals surface area contributed by atoms with Gasteiger partial charge in [0.05, 0.1) is 12.5 Å². The first-order valence-corrected chi connectivity index (χ1v) is 6.95. The van der Waals surface area contributed by atoms with Gasteiger partial charge >= 0.3 is 5.97 Å². The summed E-state index contributed by atoms with van der Waals surface area (Å²) in [6.45, 7) is 1.12. The minimum Gasteiger partial charge on any atom is -0.493 e. The number of hydrogen-bond acceptors (Lipinski definition) is 3. The molecule has 1 saturated heterocycles. The molecule has 2 rings (SSSR count). The van der Waals surface area contributed by atoms with E-state index in [4.69, 9.17) is 9.84 Å². The van der Waals surface area contributed by atoms with Gasteiger partial charge in [0, 0.05) is 25.6 Å². The molecule has 7 heteroatoms. The van der Waals surface area contributed by atoms with E-state index in [0.29, 0.717) is 44.7 Å². The summed E-state index contributed by atoms with van der Waals surface area (Å²) < 4.78 is 18.3. The number of hydrogen-bond donors (Lipinski definition) is 1. The van der Waals surface area contributed by atoms with E-state index >= 15 is 0 Å². The van der Waals surface area contributed by atoms with Gasteiger partial charge in [-0.05, 0) is 25.0 Å². The fraction of sp³-hybridized carbons (Fsp3) is 0.467. The summed E-state index contributed by atoms with van der Waals surface area (Å²) >= 11 is 0. The van der Waals surface area contributed by atoms with Gasteiger partial charge in [-0.25, -0.2) is 4.39 Å². The Balaban J connectivity index is 0.00000242. The standard InChI is InChI=1S/C15H18FNO4.ClH/c16-12-3-1-4-13(9-12)21-8-2-5-14(18)17-7-6-11(10-17)15(19)20;/h1,3-4,9,11H,2,5-8,10H2,(H,19,20);1H. The number of amides is 1. The fourth-order valence-electron chi connectivity index (χ4n) is 2.32. The molecule has 1 heterocycles. The summed E-state index contributed by atoms with van der Waals surface area (Å²) in [5.41, 5.74) is 0. The minimum absolute atomic E-state index is 0. The number of rotatable bonds is 6. The van der Waals surface area contributed by atoms with Gasteiger partial charge in [-0.1, -0.05) is 6.07 Å². The molecule has 1 atom stereocenters. The van der Waals surface area contributed by atoms with E-state index in [1.54, 1.807) is 17.0 Å². The van der Waals surface area contributed by atoms with Crippen LogP contribution in [-0.2, 0) is 9.59 Å². The third-order valence-electron chi connectivity index (χ3n) is 3.49. The molecular formula is C15H19ClFNO4. The Kier molecular flexibility index (Phi) is 7.11. The molecule has 0 spiro atoms. The summed E-state index contributed by atoms with van der Waals surface area (Å²) in [6.07, 6.45) is 1.34. The van der Waals surface area contributed by atoms with Crippen molar-refractivity contribution in [2.24, 2.45) is 5.92 Å². The van der Waals surface area contributed by atoms with E-state index in [1.807, 2.05) is 0 Å². The molecule has 1 aromatic rings. The van der Waals surface area contributed by atoms with Crippen molar-refractivity contribution in [1.29, 1.82) is 0 Å². The van der Waals surface area contributed by atoms with Gasteiger partial charge in [0.25, 0.3) is 0 Å². The van der Waals surface area contributed by atoms with Crippen LogP contribution in [-0.4, -0.2) is 41.6 Å². The molecule has 1 aliphatic heterocycles. The predicted molar refractivity (Wildman–Crippen MR) is 80.7 cm³/mol. The van der Waals surface area contributed by atoms with E-state index < -0.39 is 11.9 Å². The Bertz CT molecular complexity index is 526. The van der Waals surface area contributed by atoms with Crippen LogP contribution in [0.2, 0.25) is 0 Å². The van der Waals surface area contributed by atoms with Gasteiger partial charge in [-0.2, -0.15) is 0 Å². The number of carboxylic acid groups (broad SMARTS) is 1. The predicted octanol–water partition coefficient (Wildman–Crippen LogP) is 2.34. The third-order valence-corrected chi connectivity index (χ3v) is 3.49. The van der Waals surface area contributed by atoms with Crippen molar-refractivity contribution in [2.75, 3.05) is 19.7 Å². The topological polar surface area (TPSA) is 66.8 Å². The zero-order valence-corrected chi connectivity index (χ0v) is 12.9. The maximum absolute atomic E-state index is 12.9. The Hall–Kier alpha value is -1.82. The lowest BCUT2D eigenvalue weighted by molar-refractivity contribution is -0.141. The second kappa shape index (κ2) is 8.58. The quantitative estimate of drug-likeness (QED) is 0.812. The first kappa shape index (κ1) is 18.2. The molecule has 5 nitrogen and oxygen atoms in total. The van der Waals surface area contributed by atoms with E-state index in [9.17, 15) is 14.0 Å². The molecule has 122 valence electrons. The third kappa shape index (κ3) is 5.18. The highest BCUT2D eigenvalue weighted by molar-refractivity contribution is 5.85. The molecule has 0 bridgehead atoms. The molecule has 0 aliphatic carbocycles. The van der Waals surface area contributed by atoms with E-state index in [2.05, 4.69) is 0 Å². The largest absolute Gasteiger partial charge is 0.493 e. The zero-order chi connectivity index (χ0) is 15.2. The molecule has 0 aromatic heterocycles. The molecule has 1 fully saturated rings. The maximum Gasteiger partial charge on any atom is 0.308 e. The molecule has 1 N–H and O–H groups in total. The van der Waals surface area contributed by atoms with E-state index in [1.165, 1.54) is 12.1 Å². The minimum atomic E-state index is -0.847. The number of benzene rings is 1. The molecule has 1 aliphatic rings. The van der Waals surface area contributed by atoms with Crippen LogP contribution in [0.5, 0.6) is 5.75 Å². The van der Waals surface area contributed by atoms with Crippen molar-refractivity contribution in [3.05, 3.63) is 30.1 Å². The SMILES string of the molecule is Cl.O=C(O)C1CCN(C(=O)CCCOc2cccc(F)c2)C1. The van der Waals surface area contributed by atoms with E-state index in [-0.39, 0.29) is 24.1 Å². The summed E-state index contributed by atoms with van der Waals surface area (Å²) in [7, 11) is 0. The average Bonchev–Trinajstić information content (AvgIpc) is 2.93. The summed E-state index contributed by atoms with van der Waals surface area (Å²) in [6, 6.07) is 5.84. The number of ether oxygens (including phenoxy) is 1. The number of nitrogens with zero attached hydrogens (tertiary/aromatic N) is 1. The molecule has 1 aromatic carbocycles. The van der Waals surface area contributed by atoms with Crippen molar-refractivity contribution in [3.63, 3.8) is 0 Å². The van der Waals surface area contributed by atoms with Crippen LogP contribution in [0.1, 0.15) is 19.3 Å². The number of likely N-dealkylation sites (tertiary alicyclic amines) is 1. The van der Waals surface area contributed by atoms with Crippen molar-refractivity contribution in [3.8, 4) is 5.75 Å². The number of halogens is 2. The number of carboxylic acids is 1. The monoisotopic (exact) mass is 331 g/mol. The van der Waals surface area contributed by atoms with Crippen LogP contribution >= 0.6 is 12.4 Å². The smallest absolute Gasteiger partial charge is 0.308 e. The lowest BCUT2D eigenvalue weighted by Crippen LogP contribution is -2.30. The van der Waals surface area contributed by atoms with E-state index in [0.717, 1.165) is 0 Å². The van der Waals surface area contributed by atoms with Crippen LogP contribution in [0, 0.1) is 11.7 Å². The van der Waals surface area contributed by atoms with Gasteiger partial charge in [0.15, 0.2) is 0 Å². The number of carbonyl (C=O) groups is 2. The highest BCUT2D eigenvalue weighted by Crippen LogP contribution is 2.18. The molecule has 0 radical (unpaired) electrons. The normalized spacial score (nSPS) is 17.0. The maximum atomic E-state index is 12.9. The fourth-order valence-corrected chi connectivity index (χ4v) is 2.32. The van der Waals surface area contributed by atoms with Gasteiger partial charge in [0.2, 0.25) is 5.91 Å². The highest BCUT2D eigenvalue weighted by Gasteiger charge is 2.30. The van der Waals surface area contributed by atoms with Crippen LogP contribution < -0.4 is 4.74 Å². The number of carbonyl (C=O) groups excluding carboxylic acids is 1. The Morgan fingerprint density at radius 2 is 2.18 bits per heavy atom. The van der Waals surface area contributed by atoms with Crippen molar-refractivity contribution < 1.29 is 23.8 Å². The van der Waals surface area contributed by atoms with Crippen LogP contribution in [0.25, 0.3) is 0 Å². The first-order chi connectivity index (χ1) is 10.1. The molecular weight excluding hydrogens is 313 g/mol. The van der Waals surface area contributed by atoms with Crippen LogP contribution in [0.3, 0.4) is 0 Å². The Morgan fingerprint density at radius 1 is 1.41 bits per heavy atom. The molecule has 1 unspecified atom stereocenters. The summed E-state index contributed by atoms with van der Waals surface area (Å²) in [5.74, 6) is -1.27. The first-order valence-electron chi connectivity index (χ1n) is 6.95. The molecule has 1 amide bonds. The number of aliphatic carboxylic acids is 1. The second-order valence-corrected chi connectivity index (χ2v) is 5.07.